The lowest BCUT2D eigenvalue weighted by Crippen LogP contribution is -2.00. The Morgan fingerprint density at radius 1 is 1.05 bits per heavy atom. The molecule has 0 aliphatic rings. The Kier molecular flexibility index (Phi) is 4.67. The van der Waals surface area contributed by atoms with E-state index in [1.54, 1.807) is 18.2 Å². The zero-order valence-corrected chi connectivity index (χ0v) is 11.9. The Balaban J connectivity index is 2.25. The summed E-state index contributed by atoms with van der Waals surface area (Å²) in [5.41, 5.74) is 0.956. The first-order valence-electron chi connectivity index (χ1n) is 5.51. The maximum Gasteiger partial charge on any atom is 0.129 e. The van der Waals surface area contributed by atoms with Crippen LogP contribution >= 0.6 is 34.8 Å². The maximum atomic E-state index is 13.5. The van der Waals surface area contributed by atoms with Gasteiger partial charge in [-0.15, -0.1) is 11.6 Å². The van der Waals surface area contributed by atoms with Gasteiger partial charge >= 0.3 is 0 Å². The van der Waals surface area contributed by atoms with Gasteiger partial charge in [0.25, 0.3) is 0 Å². The van der Waals surface area contributed by atoms with Crippen molar-refractivity contribution in [3.05, 3.63) is 69.2 Å². The summed E-state index contributed by atoms with van der Waals surface area (Å²) >= 11 is 18.2. The highest BCUT2D eigenvalue weighted by Crippen LogP contribution is 2.35. The normalized spacial score (nSPS) is 12.5. The Morgan fingerprint density at radius 3 is 2.47 bits per heavy atom. The zero-order valence-electron chi connectivity index (χ0n) is 9.64. The summed E-state index contributed by atoms with van der Waals surface area (Å²) in [5.74, 6) is -1.24. The second kappa shape index (κ2) is 6.08. The van der Waals surface area contributed by atoms with Crippen LogP contribution in [0.3, 0.4) is 0 Å². The summed E-state index contributed by atoms with van der Waals surface area (Å²) in [6, 6.07) is 8.50. The third kappa shape index (κ3) is 3.38. The molecule has 0 fully saturated rings. The Morgan fingerprint density at radius 2 is 1.79 bits per heavy atom. The summed E-state index contributed by atoms with van der Waals surface area (Å²) in [7, 11) is 0. The third-order valence-corrected chi connectivity index (χ3v) is 3.96. The average Bonchev–Trinajstić information content (AvgIpc) is 2.36. The van der Waals surface area contributed by atoms with Gasteiger partial charge in [0.2, 0.25) is 0 Å². The van der Waals surface area contributed by atoms with E-state index in [2.05, 4.69) is 0 Å². The van der Waals surface area contributed by atoms with Crippen LogP contribution in [0.1, 0.15) is 16.5 Å². The van der Waals surface area contributed by atoms with E-state index in [4.69, 9.17) is 34.8 Å². The fourth-order valence-corrected chi connectivity index (χ4v) is 2.60. The highest BCUT2D eigenvalue weighted by Gasteiger charge is 2.16. The predicted molar refractivity (Wildman–Crippen MR) is 75.1 cm³/mol. The van der Waals surface area contributed by atoms with Gasteiger partial charge in [-0.3, -0.25) is 0 Å². The van der Waals surface area contributed by atoms with Crippen molar-refractivity contribution in [3.63, 3.8) is 0 Å². The molecular formula is C14H9Cl3F2. The molecule has 0 saturated carbocycles. The van der Waals surface area contributed by atoms with Crippen LogP contribution in [0.2, 0.25) is 10.0 Å². The van der Waals surface area contributed by atoms with Crippen LogP contribution in [-0.2, 0) is 6.42 Å². The van der Waals surface area contributed by atoms with E-state index in [-0.39, 0.29) is 6.42 Å². The quantitative estimate of drug-likeness (QED) is 0.627. The second-order valence-corrected chi connectivity index (χ2v) is 5.36. The van der Waals surface area contributed by atoms with E-state index in [1.165, 1.54) is 12.1 Å². The summed E-state index contributed by atoms with van der Waals surface area (Å²) in [4.78, 5) is 0. The summed E-state index contributed by atoms with van der Waals surface area (Å²) in [6.07, 6.45) is 0.202. The van der Waals surface area contributed by atoms with Crippen LogP contribution in [0.15, 0.2) is 36.4 Å². The third-order valence-electron chi connectivity index (χ3n) is 2.73. The van der Waals surface area contributed by atoms with Crippen LogP contribution in [0.4, 0.5) is 8.78 Å². The predicted octanol–water partition coefficient (Wildman–Crippen LogP) is 5.79. The number of halogens is 5. The van der Waals surface area contributed by atoms with Crippen molar-refractivity contribution < 1.29 is 8.78 Å². The Labute approximate surface area is 124 Å². The lowest BCUT2D eigenvalue weighted by Gasteiger charge is -2.13. The molecule has 1 atom stereocenters. The maximum absolute atomic E-state index is 13.5. The molecule has 0 nitrogen and oxygen atoms in total. The lowest BCUT2D eigenvalue weighted by molar-refractivity contribution is 0.570. The van der Waals surface area contributed by atoms with Crippen molar-refractivity contribution in [1.82, 2.24) is 0 Å². The fraction of sp³-hybridized carbons (Fsp3) is 0.143. The molecule has 0 spiro atoms. The van der Waals surface area contributed by atoms with Gasteiger partial charge in [-0.05, 0) is 29.7 Å². The average molecular weight is 322 g/mol. The van der Waals surface area contributed by atoms with Crippen molar-refractivity contribution in [3.8, 4) is 0 Å². The van der Waals surface area contributed by atoms with Gasteiger partial charge in [0.05, 0.1) is 15.4 Å². The fourth-order valence-electron chi connectivity index (χ4n) is 1.75. The van der Waals surface area contributed by atoms with Crippen molar-refractivity contribution in [2.75, 3.05) is 0 Å². The highest BCUT2D eigenvalue weighted by atomic mass is 35.5. The first kappa shape index (κ1) is 14.6. The van der Waals surface area contributed by atoms with Crippen molar-refractivity contribution >= 4 is 34.8 Å². The van der Waals surface area contributed by atoms with E-state index < -0.39 is 17.0 Å². The van der Waals surface area contributed by atoms with E-state index in [0.717, 1.165) is 6.07 Å². The molecule has 2 aromatic rings. The second-order valence-electron chi connectivity index (χ2n) is 4.05. The summed E-state index contributed by atoms with van der Waals surface area (Å²) in [5, 5.41) is 0.210. The molecule has 2 rings (SSSR count). The Hall–Kier alpha value is -0.830. The van der Waals surface area contributed by atoms with Crippen molar-refractivity contribution in [2.45, 2.75) is 11.8 Å². The molecule has 0 heterocycles. The van der Waals surface area contributed by atoms with Crippen molar-refractivity contribution in [2.24, 2.45) is 0 Å². The Bertz CT molecular complexity index is 599. The molecule has 0 N–H and O–H groups in total. The molecule has 1 unspecified atom stereocenters. The van der Waals surface area contributed by atoms with E-state index in [0.29, 0.717) is 21.2 Å². The van der Waals surface area contributed by atoms with Gasteiger partial charge in [-0.2, -0.15) is 0 Å². The minimum atomic E-state index is -0.621. The molecule has 0 bridgehead atoms. The number of hydrogen-bond donors (Lipinski definition) is 0. The van der Waals surface area contributed by atoms with E-state index in [1.807, 2.05) is 0 Å². The molecule has 19 heavy (non-hydrogen) atoms. The van der Waals surface area contributed by atoms with Crippen LogP contribution in [0.25, 0.3) is 0 Å². The summed E-state index contributed by atoms with van der Waals surface area (Å²) in [6.45, 7) is 0. The molecule has 0 radical (unpaired) electrons. The molecule has 0 saturated heterocycles. The largest absolute Gasteiger partial charge is 0.207 e. The van der Waals surface area contributed by atoms with Crippen LogP contribution in [-0.4, -0.2) is 0 Å². The molecule has 0 aliphatic carbocycles. The van der Waals surface area contributed by atoms with Gasteiger partial charge in [-0.1, -0.05) is 41.4 Å². The first-order valence-corrected chi connectivity index (χ1v) is 6.70. The van der Waals surface area contributed by atoms with Crippen molar-refractivity contribution in [1.29, 1.82) is 0 Å². The van der Waals surface area contributed by atoms with Gasteiger partial charge in [0.15, 0.2) is 0 Å². The lowest BCUT2D eigenvalue weighted by atomic mass is 10.0. The summed E-state index contributed by atoms with van der Waals surface area (Å²) < 4.78 is 26.4. The first-order chi connectivity index (χ1) is 8.99. The zero-order chi connectivity index (χ0) is 14.0. The van der Waals surface area contributed by atoms with E-state index in [9.17, 15) is 8.78 Å². The van der Waals surface area contributed by atoms with Gasteiger partial charge in [0.1, 0.15) is 11.6 Å². The number of rotatable bonds is 3. The molecule has 0 aliphatic heterocycles. The van der Waals surface area contributed by atoms with Gasteiger partial charge in [0, 0.05) is 6.07 Å². The monoisotopic (exact) mass is 320 g/mol. The number of hydrogen-bond acceptors (Lipinski definition) is 0. The molecule has 100 valence electrons. The van der Waals surface area contributed by atoms with Crippen LogP contribution in [0.5, 0.6) is 0 Å². The van der Waals surface area contributed by atoms with Gasteiger partial charge < -0.3 is 0 Å². The van der Waals surface area contributed by atoms with Crippen LogP contribution < -0.4 is 0 Å². The topological polar surface area (TPSA) is 0 Å². The molecule has 2 aromatic carbocycles. The van der Waals surface area contributed by atoms with Gasteiger partial charge in [-0.25, -0.2) is 8.78 Å². The van der Waals surface area contributed by atoms with Crippen LogP contribution in [0, 0.1) is 11.6 Å². The standard InChI is InChI=1S/C14H9Cl3F2/c15-11-3-1-2-10(14(11)17)12(16)6-8-4-5-9(18)7-13(8)19/h1-5,7,12H,6H2. The van der Waals surface area contributed by atoms with E-state index >= 15 is 0 Å². The minimum absolute atomic E-state index is 0.202. The number of benzene rings is 2. The molecule has 0 aromatic heterocycles. The minimum Gasteiger partial charge on any atom is -0.207 e. The SMILES string of the molecule is Fc1ccc(CC(Cl)c2cccc(Cl)c2Cl)c(F)c1. The smallest absolute Gasteiger partial charge is 0.129 e. The molecule has 5 heteroatoms. The highest BCUT2D eigenvalue weighted by molar-refractivity contribution is 6.43. The molecule has 0 amide bonds. The molecular weight excluding hydrogens is 313 g/mol. The number of alkyl halides is 1.